The molecule has 27 heavy (non-hydrogen) atoms. The van der Waals surface area contributed by atoms with Gasteiger partial charge in [-0.25, -0.2) is 0 Å². The molecule has 0 unspecified atom stereocenters. The highest BCUT2D eigenvalue weighted by molar-refractivity contribution is 6.06. The first-order valence-electron chi connectivity index (χ1n) is 8.61. The average Bonchev–Trinajstić information content (AvgIpc) is 2.74. The number of carbonyl (C=O) groups is 1. The molecule has 2 heterocycles. The maximum Gasteiger partial charge on any atom is 0.259 e. The third-order valence-corrected chi connectivity index (χ3v) is 4.35. The Morgan fingerprint density at radius 2 is 1.78 bits per heavy atom. The summed E-state index contributed by atoms with van der Waals surface area (Å²) in [4.78, 5) is 23.1. The molecule has 0 saturated carbocycles. The monoisotopic (exact) mass is 354 g/mol. The number of carbonyl (C=O) groups excluding carboxylic acids is 1. The van der Waals surface area contributed by atoms with Gasteiger partial charge in [0.1, 0.15) is 0 Å². The van der Waals surface area contributed by atoms with Gasteiger partial charge in [-0.3, -0.25) is 14.8 Å². The minimum absolute atomic E-state index is 0.117. The van der Waals surface area contributed by atoms with Crippen molar-refractivity contribution in [1.82, 2.24) is 9.97 Å². The Hall–Kier alpha value is -3.73. The Kier molecular flexibility index (Phi) is 4.49. The number of pyridine rings is 2. The van der Waals surface area contributed by atoms with E-state index >= 15 is 0 Å². The highest BCUT2D eigenvalue weighted by Gasteiger charge is 2.14. The lowest BCUT2D eigenvalue weighted by atomic mass is 10.1. The number of nitrogens with one attached hydrogen (secondary N) is 1. The van der Waals surface area contributed by atoms with E-state index in [0.717, 1.165) is 28.0 Å². The predicted octanol–water partition coefficient (Wildman–Crippen LogP) is 4.65. The van der Waals surface area contributed by atoms with Crippen LogP contribution in [0.5, 0.6) is 0 Å². The van der Waals surface area contributed by atoms with Crippen LogP contribution in [0.4, 0.5) is 17.1 Å². The van der Waals surface area contributed by atoms with Gasteiger partial charge in [0.05, 0.1) is 28.7 Å². The molecule has 2 aromatic heterocycles. The highest BCUT2D eigenvalue weighted by Crippen LogP contribution is 2.25. The van der Waals surface area contributed by atoms with E-state index in [1.807, 2.05) is 60.7 Å². The summed E-state index contributed by atoms with van der Waals surface area (Å²) >= 11 is 0. The zero-order valence-corrected chi connectivity index (χ0v) is 14.8. The maximum atomic E-state index is 12.8. The van der Waals surface area contributed by atoms with E-state index in [-0.39, 0.29) is 5.91 Å². The van der Waals surface area contributed by atoms with E-state index in [2.05, 4.69) is 15.3 Å². The van der Waals surface area contributed by atoms with Crippen LogP contribution in [0.15, 0.2) is 85.3 Å². The summed E-state index contributed by atoms with van der Waals surface area (Å²) in [6, 6.07) is 21.2. The van der Waals surface area contributed by atoms with Gasteiger partial charge in [-0.05, 0) is 30.3 Å². The Labute approximate surface area is 157 Å². The van der Waals surface area contributed by atoms with Gasteiger partial charge in [0, 0.05) is 30.5 Å². The molecule has 4 rings (SSSR count). The molecular weight excluding hydrogens is 336 g/mol. The first-order valence-corrected chi connectivity index (χ1v) is 8.61. The molecule has 0 saturated heterocycles. The minimum atomic E-state index is -0.117. The van der Waals surface area contributed by atoms with Crippen LogP contribution in [-0.2, 0) is 0 Å². The smallest absolute Gasteiger partial charge is 0.259 e. The van der Waals surface area contributed by atoms with Crippen molar-refractivity contribution in [2.45, 2.75) is 0 Å². The third kappa shape index (κ3) is 3.48. The summed E-state index contributed by atoms with van der Waals surface area (Å²) in [7, 11) is 1.76. The van der Waals surface area contributed by atoms with E-state index in [4.69, 9.17) is 0 Å². The van der Waals surface area contributed by atoms with Crippen LogP contribution in [-0.4, -0.2) is 22.9 Å². The molecule has 1 amide bonds. The van der Waals surface area contributed by atoms with Gasteiger partial charge in [0.25, 0.3) is 5.91 Å². The topological polar surface area (TPSA) is 58.1 Å². The number of hydrogen-bond acceptors (Lipinski definition) is 4. The summed E-state index contributed by atoms with van der Waals surface area (Å²) in [5.74, 6) is -0.117. The lowest BCUT2D eigenvalue weighted by Gasteiger charge is -2.17. The zero-order chi connectivity index (χ0) is 18.6. The average molecular weight is 354 g/mol. The van der Waals surface area contributed by atoms with Crippen LogP contribution in [0.1, 0.15) is 10.4 Å². The number of benzene rings is 2. The van der Waals surface area contributed by atoms with Gasteiger partial charge < -0.3 is 10.2 Å². The second-order valence-corrected chi connectivity index (χ2v) is 6.17. The Balaban J connectivity index is 1.62. The first kappa shape index (κ1) is 16.7. The molecule has 0 bridgehead atoms. The van der Waals surface area contributed by atoms with Crippen molar-refractivity contribution in [1.29, 1.82) is 0 Å². The van der Waals surface area contributed by atoms with Gasteiger partial charge in [0.2, 0.25) is 0 Å². The summed E-state index contributed by atoms with van der Waals surface area (Å²) in [6.45, 7) is 0. The quantitative estimate of drug-likeness (QED) is 0.579. The fraction of sp³-hybridized carbons (Fsp3) is 0.0455. The van der Waals surface area contributed by atoms with Crippen LogP contribution in [0.2, 0.25) is 0 Å². The van der Waals surface area contributed by atoms with Gasteiger partial charge in [0.15, 0.2) is 0 Å². The number of rotatable bonds is 4. The SMILES string of the molecule is CN(C(=O)c1cncc(Nc2cccc3cccnc23)c1)c1ccccc1. The largest absolute Gasteiger partial charge is 0.352 e. The fourth-order valence-electron chi connectivity index (χ4n) is 2.95. The van der Waals surface area contributed by atoms with Gasteiger partial charge >= 0.3 is 0 Å². The second kappa shape index (κ2) is 7.25. The number of nitrogens with zero attached hydrogens (tertiary/aromatic N) is 3. The molecule has 0 atom stereocenters. The number of para-hydroxylation sites is 2. The first-order chi connectivity index (χ1) is 13.2. The fourth-order valence-corrected chi connectivity index (χ4v) is 2.95. The van der Waals surface area contributed by atoms with Gasteiger partial charge in [-0.1, -0.05) is 36.4 Å². The minimum Gasteiger partial charge on any atom is -0.352 e. The van der Waals surface area contributed by atoms with Crippen LogP contribution >= 0.6 is 0 Å². The van der Waals surface area contributed by atoms with E-state index in [0.29, 0.717) is 5.56 Å². The van der Waals surface area contributed by atoms with Crippen molar-refractivity contribution in [3.05, 3.63) is 90.9 Å². The van der Waals surface area contributed by atoms with Crippen LogP contribution in [0, 0.1) is 0 Å². The normalized spacial score (nSPS) is 10.6. The summed E-state index contributed by atoms with van der Waals surface area (Å²) < 4.78 is 0. The Morgan fingerprint density at radius 1 is 0.963 bits per heavy atom. The van der Waals surface area contributed by atoms with Crippen molar-refractivity contribution >= 4 is 33.9 Å². The molecule has 0 aliphatic heterocycles. The predicted molar refractivity (Wildman–Crippen MR) is 108 cm³/mol. The molecule has 0 aliphatic rings. The number of anilines is 3. The van der Waals surface area contributed by atoms with E-state index < -0.39 is 0 Å². The van der Waals surface area contributed by atoms with Crippen LogP contribution in [0.3, 0.4) is 0 Å². The number of fused-ring (bicyclic) bond motifs is 1. The lowest BCUT2D eigenvalue weighted by molar-refractivity contribution is 0.0992. The van der Waals surface area contributed by atoms with E-state index in [9.17, 15) is 4.79 Å². The second-order valence-electron chi connectivity index (χ2n) is 6.17. The Morgan fingerprint density at radius 3 is 2.63 bits per heavy atom. The molecule has 4 aromatic rings. The molecule has 0 radical (unpaired) electrons. The molecule has 0 fully saturated rings. The van der Waals surface area contributed by atoms with Crippen molar-refractivity contribution in [3.63, 3.8) is 0 Å². The standard InChI is InChI=1S/C22H18N4O/c1-26(19-9-3-2-4-10-19)22(27)17-13-18(15-23-14-17)25-20-11-5-7-16-8-6-12-24-21(16)20/h2-15,25H,1H3. The maximum absolute atomic E-state index is 12.8. The number of amides is 1. The Bertz CT molecular complexity index is 1090. The molecule has 5 nitrogen and oxygen atoms in total. The van der Waals surface area contributed by atoms with Crippen molar-refractivity contribution in [2.75, 3.05) is 17.3 Å². The zero-order valence-electron chi connectivity index (χ0n) is 14.8. The summed E-state index contributed by atoms with van der Waals surface area (Å²) in [6.07, 6.45) is 5.04. The van der Waals surface area contributed by atoms with Crippen LogP contribution < -0.4 is 10.2 Å². The number of hydrogen-bond donors (Lipinski definition) is 1. The van der Waals surface area contributed by atoms with Crippen molar-refractivity contribution in [2.24, 2.45) is 0 Å². The number of aromatic nitrogens is 2. The molecule has 1 N–H and O–H groups in total. The molecule has 0 spiro atoms. The van der Waals surface area contributed by atoms with Gasteiger partial charge in [-0.2, -0.15) is 0 Å². The molecule has 132 valence electrons. The van der Waals surface area contributed by atoms with Crippen LogP contribution in [0.25, 0.3) is 10.9 Å². The lowest BCUT2D eigenvalue weighted by Crippen LogP contribution is -2.26. The van der Waals surface area contributed by atoms with Gasteiger partial charge in [-0.15, -0.1) is 0 Å². The summed E-state index contributed by atoms with van der Waals surface area (Å²) in [5, 5.41) is 4.37. The summed E-state index contributed by atoms with van der Waals surface area (Å²) in [5.41, 5.74) is 3.83. The molecular formula is C22H18N4O. The third-order valence-electron chi connectivity index (χ3n) is 4.35. The molecule has 2 aromatic carbocycles. The molecule has 5 heteroatoms. The van der Waals surface area contributed by atoms with Crippen molar-refractivity contribution in [3.8, 4) is 0 Å². The van der Waals surface area contributed by atoms with Crippen molar-refractivity contribution < 1.29 is 4.79 Å². The highest BCUT2D eigenvalue weighted by atomic mass is 16.2. The van der Waals surface area contributed by atoms with E-state index in [1.54, 1.807) is 36.6 Å². The van der Waals surface area contributed by atoms with E-state index in [1.165, 1.54) is 0 Å². The molecule has 0 aliphatic carbocycles.